The number of anilines is 1. The number of hydrogen-bond donors (Lipinski definition) is 1. The number of aromatic nitrogens is 1. The molecule has 3 rings (SSSR count). The quantitative estimate of drug-likeness (QED) is 0.694. The lowest BCUT2D eigenvalue weighted by Gasteiger charge is -2.06. The third-order valence-electron chi connectivity index (χ3n) is 3.14. The maximum Gasteiger partial charge on any atom is 0.264 e. The molecule has 2 aromatic carbocycles. The molecule has 25 heavy (non-hydrogen) atoms. The van der Waals surface area contributed by atoms with Gasteiger partial charge >= 0.3 is 0 Å². The first-order valence-corrected chi connectivity index (χ1v) is 8.36. The predicted molar refractivity (Wildman–Crippen MR) is 93.0 cm³/mol. The van der Waals surface area contributed by atoms with E-state index in [-0.39, 0.29) is 5.75 Å². The van der Waals surface area contributed by atoms with E-state index in [4.69, 9.17) is 16.3 Å². The van der Waals surface area contributed by atoms with Crippen molar-refractivity contribution in [2.45, 2.75) is 0 Å². The summed E-state index contributed by atoms with van der Waals surface area (Å²) < 4.78 is 31.3. The van der Waals surface area contributed by atoms with Crippen LogP contribution in [-0.4, -0.2) is 17.5 Å². The van der Waals surface area contributed by atoms with Gasteiger partial charge in [0.2, 0.25) is 0 Å². The SMILES string of the molecule is O=C(COc1ccc(F)cc1F)Nc1nc(-c2ccc(Cl)cc2)cs1. The zero-order valence-electron chi connectivity index (χ0n) is 12.6. The van der Waals surface area contributed by atoms with Gasteiger partial charge in [0.15, 0.2) is 23.3 Å². The molecule has 0 saturated heterocycles. The molecule has 0 radical (unpaired) electrons. The third-order valence-corrected chi connectivity index (χ3v) is 4.15. The van der Waals surface area contributed by atoms with Crippen molar-refractivity contribution >= 4 is 34.0 Å². The number of carbonyl (C=O) groups is 1. The van der Waals surface area contributed by atoms with Crippen molar-refractivity contribution in [3.05, 3.63) is 64.5 Å². The van der Waals surface area contributed by atoms with E-state index in [1.54, 1.807) is 17.5 Å². The topological polar surface area (TPSA) is 51.2 Å². The Labute approximate surface area is 151 Å². The fourth-order valence-corrected chi connectivity index (χ4v) is 2.84. The summed E-state index contributed by atoms with van der Waals surface area (Å²) in [4.78, 5) is 16.2. The van der Waals surface area contributed by atoms with Crippen LogP contribution in [0.1, 0.15) is 0 Å². The highest BCUT2D eigenvalue weighted by atomic mass is 35.5. The van der Waals surface area contributed by atoms with E-state index in [1.165, 1.54) is 11.3 Å². The minimum absolute atomic E-state index is 0.197. The molecular weight excluding hydrogens is 370 g/mol. The first-order valence-electron chi connectivity index (χ1n) is 7.10. The molecule has 1 N–H and O–H groups in total. The Kier molecular flexibility index (Phi) is 5.25. The summed E-state index contributed by atoms with van der Waals surface area (Å²) in [6.07, 6.45) is 0. The van der Waals surface area contributed by atoms with Crippen molar-refractivity contribution < 1.29 is 18.3 Å². The summed E-state index contributed by atoms with van der Waals surface area (Å²) in [6, 6.07) is 10.0. The van der Waals surface area contributed by atoms with E-state index in [2.05, 4.69) is 10.3 Å². The number of carbonyl (C=O) groups excluding carboxylic acids is 1. The van der Waals surface area contributed by atoms with Gasteiger partial charge in [-0.05, 0) is 24.3 Å². The number of amides is 1. The highest BCUT2D eigenvalue weighted by Gasteiger charge is 2.11. The second-order valence-electron chi connectivity index (χ2n) is 4.96. The molecule has 3 aromatic rings. The lowest BCUT2D eigenvalue weighted by molar-refractivity contribution is -0.118. The Morgan fingerprint density at radius 3 is 2.68 bits per heavy atom. The Bertz CT molecular complexity index is 900. The Morgan fingerprint density at radius 1 is 1.20 bits per heavy atom. The molecule has 0 aliphatic heterocycles. The fraction of sp³-hybridized carbons (Fsp3) is 0.0588. The van der Waals surface area contributed by atoms with Gasteiger partial charge in [0.1, 0.15) is 5.82 Å². The van der Waals surface area contributed by atoms with Crippen molar-refractivity contribution in [2.24, 2.45) is 0 Å². The van der Waals surface area contributed by atoms with Crippen LogP contribution in [0.15, 0.2) is 47.8 Å². The van der Waals surface area contributed by atoms with Crippen LogP contribution in [0, 0.1) is 11.6 Å². The number of benzene rings is 2. The van der Waals surface area contributed by atoms with E-state index in [9.17, 15) is 13.6 Å². The van der Waals surface area contributed by atoms with Crippen molar-refractivity contribution in [3.63, 3.8) is 0 Å². The van der Waals surface area contributed by atoms with Crippen molar-refractivity contribution in [2.75, 3.05) is 11.9 Å². The van der Waals surface area contributed by atoms with Crippen LogP contribution in [0.3, 0.4) is 0 Å². The molecule has 1 aromatic heterocycles. The molecule has 0 spiro atoms. The molecule has 0 saturated carbocycles. The molecule has 0 aliphatic carbocycles. The van der Waals surface area contributed by atoms with Crippen molar-refractivity contribution in [3.8, 4) is 17.0 Å². The summed E-state index contributed by atoms with van der Waals surface area (Å²) in [5.41, 5.74) is 1.56. The average Bonchev–Trinajstić information content (AvgIpc) is 3.03. The lowest BCUT2D eigenvalue weighted by Crippen LogP contribution is -2.20. The van der Waals surface area contributed by atoms with Crippen molar-refractivity contribution in [1.29, 1.82) is 0 Å². The molecule has 8 heteroatoms. The highest BCUT2D eigenvalue weighted by molar-refractivity contribution is 7.14. The number of nitrogens with zero attached hydrogens (tertiary/aromatic N) is 1. The number of nitrogens with one attached hydrogen (secondary N) is 1. The molecule has 0 bridgehead atoms. The maximum atomic E-state index is 13.4. The average molecular weight is 381 g/mol. The molecule has 128 valence electrons. The highest BCUT2D eigenvalue weighted by Crippen LogP contribution is 2.26. The first-order chi connectivity index (χ1) is 12.0. The Morgan fingerprint density at radius 2 is 1.96 bits per heavy atom. The van der Waals surface area contributed by atoms with Gasteiger partial charge in [-0.2, -0.15) is 0 Å². The van der Waals surface area contributed by atoms with E-state index in [0.29, 0.717) is 21.9 Å². The fourth-order valence-electron chi connectivity index (χ4n) is 1.98. The van der Waals surface area contributed by atoms with Crippen LogP contribution in [0.4, 0.5) is 13.9 Å². The van der Waals surface area contributed by atoms with Crippen LogP contribution in [0.25, 0.3) is 11.3 Å². The Balaban J connectivity index is 1.59. The van der Waals surface area contributed by atoms with Gasteiger partial charge in [-0.3, -0.25) is 10.1 Å². The predicted octanol–water partition coefficient (Wildman–Crippen LogP) is 4.76. The molecule has 1 amide bonds. The largest absolute Gasteiger partial charge is 0.481 e. The summed E-state index contributed by atoms with van der Waals surface area (Å²) >= 11 is 7.09. The van der Waals surface area contributed by atoms with Crippen LogP contribution in [-0.2, 0) is 4.79 Å². The number of ether oxygens (including phenoxy) is 1. The third kappa shape index (κ3) is 4.52. The normalized spacial score (nSPS) is 10.5. The molecule has 1 heterocycles. The van der Waals surface area contributed by atoms with E-state index in [1.807, 2.05) is 12.1 Å². The first kappa shape index (κ1) is 17.3. The maximum absolute atomic E-state index is 13.4. The van der Waals surface area contributed by atoms with E-state index in [0.717, 1.165) is 17.7 Å². The number of hydrogen-bond acceptors (Lipinski definition) is 4. The summed E-state index contributed by atoms with van der Waals surface area (Å²) in [5.74, 6) is -2.28. The van der Waals surface area contributed by atoms with Gasteiger partial charge in [0.25, 0.3) is 5.91 Å². The van der Waals surface area contributed by atoms with E-state index >= 15 is 0 Å². The van der Waals surface area contributed by atoms with Gasteiger partial charge in [0, 0.05) is 22.0 Å². The molecule has 0 fully saturated rings. The van der Waals surface area contributed by atoms with Gasteiger partial charge < -0.3 is 4.74 Å². The van der Waals surface area contributed by atoms with Crippen LogP contribution in [0.5, 0.6) is 5.75 Å². The Hall–Kier alpha value is -2.51. The summed E-state index contributed by atoms with van der Waals surface area (Å²) in [6.45, 7) is -0.418. The molecule has 0 aliphatic rings. The number of thiazole rings is 1. The van der Waals surface area contributed by atoms with Crippen LogP contribution in [0.2, 0.25) is 5.02 Å². The smallest absolute Gasteiger partial charge is 0.264 e. The molecule has 4 nitrogen and oxygen atoms in total. The summed E-state index contributed by atoms with van der Waals surface area (Å²) in [5, 5.41) is 5.37. The van der Waals surface area contributed by atoms with Crippen molar-refractivity contribution in [1.82, 2.24) is 4.98 Å². The second kappa shape index (κ2) is 7.58. The minimum atomic E-state index is -0.868. The van der Waals surface area contributed by atoms with Crippen LogP contribution >= 0.6 is 22.9 Å². The number of rotatable bonds is 5. The monoisotopic (exact) mass is 380 g/mol. The minimum Gasteiger partial charge on any atom is -0.481 e. The zero-order chi connectivity index (χ0) is 17.8. The van der Waals surface area contributed by atoms with Gasteiger partial charge in [-0.1, -0.05) is 23.7 Å². The standard InChI is InChI=1S/C17H11ClF2N2O2S/c18-11-3-1-10(2-4-11)14-9-25-17(21-14)22-16(23)8-24-15-6-5-12(19)7-13(15)20/h1-7,9H,8H2,(H,21,22,23). The van der Waals surface area contributed by atoms with Crippen LogP contribution < -0.4 is 10.1 Å². The molecule has 0 atom stereocenters. The lowest BCUT2D eigenvalue weighted by atomic mass is 10.2. The van der Waals surface area contributed by atoms with Gasteiger partial charge in [0.05, 0.1) is 5.69 Å². The number of halogens is 3. The second-order valence-corrected chi connectivity index (χ2v) is 6.25. The zero-order valence-corrected chi connectivity index (χ0v) is 14.2. The van der Waals surface area contributed by atoms with Gasteiger partial charge in [-0.25, -0.2) is 13.8 Å². The molecular formula is C17H11ClF2N2O2S. The summed E-state index contributed by atoms with van der Waals surface area (Å²) in [7, 11) is 0. The van der Waals surface area contributed by atoms with E-state index < -0.39 is 24.1 Å². The van der Waals surface area contributed by atoms with Gasteiger partial charge in [-0.15, -0.1) is 11.3 Å². The molecule has 0 unspecified atom stereocenters.